The molecule has 28 heavy (non-hydrogen) atoms. The highest BCUT2D eigenvalue weighted by molar-refractivity contribution is 5.95. The Morgan fingerprint density at radius 3 is 2.36 bits per heavy atom. The van der Waals surface area contributed by atoms with E-state index in [9.17, 15) is 9.59 Å². The molecule has 144 valence electrons. The minimum atomic E-state index is -0.292. The molecular formula is C23H24N2O3. The molecule has 0 fully saturated rings. The van der Waals surface area contributed by atoms with Crippen molar-refractivity contribution >= 4 is 28.3 Å². The summed E-state index contributed by atoms with van der Waals surface area (Å²) in [5, 5.41) is 2.12. The van der Waals surface area contributed by atoms with Gasteiger partial charge in [-0.05, 0) is 42.3 Å². The van der Waals surface area contributed by atoms with Gasteiger partial charge in [0, 0.05) is 11.7 Å². The van der Waals surface area contributed by atoms with E-state index in [2.05, 4.69) is 5.48 Å². The van der Waals surface area contributed by atoms with Gasteiger partial charge in [0.2, 0.25) is 5.91 Å². The summed E-state index contributed by atoms with van der Waals surface area (Å²) in [6.07, 6.45) is 0.183. The summed E-state index contributed by atoms with van der Waals surface area (Å²) in [5.41, 5.74) is 4.10. The Morgan fingerprint density at radius 1 is 0.929 bits per heavy atom. The van der Waals surface area contributed by atoms with Gasteiger partial charge < -0.3 is 4.90 Å². The molecule has 0 atom stereocenters. The number of nitrogens with one attached hydrogen (secondary N) is 1. The molecule has 5 heteroatoms. The van der Waals surface area contributed by atoms with Crippen molar-refractivity contribution in [2.75, 3.05) is 11.5 Å². The number of nitrogens with zero attached hydrogens (tertiary/aromatic N) is 1. The molecule has 0 unspecified atom stereocenters. The monoisotopic (exact) mass is 376 g/mol. The molecular weight excluding hydrogens is 352 g/mol. The van der Waals surface area contributed by atoms with Gasteiger partial charge in [-0.2, -0.15) is 0 Å². The Morgan fingerprint density at radius 2 is 1.61 bits per heavy atom. The summed E-state index contributed by atoms with van der Waals surface area (Å²) in [7, 11) is 0. The highest BCUT2D eigenvalue weighted by Gasteiger charge is 2.19. The van der Waals surface area contributed by atoms with Gasteiger partial charge in [-0.1, -0.05) is 60.7 Å². The third kappa shape index (κ3) is 4.75. The zero-order valence-electron chi connectivity index (χ0n) is 16.1. The predicted molar refractivity (Wildman–Crippen MR) is 111 cm³/mol. The van der Waals surface area contributed by atoms with E-state index in [1.165, 1.54) is 0 Å². The first-order valence-corrected chi connectivity index (χ1v) is 9.30. The van der Waals surface area contributed by atoms with Crippen LogP contribution in [-0.4, -0.2) is 24.5 Å². The molecule has 0 bridgehead atoms. The number of amides is 2. The van der Waals surface area contributed by atoms with Gasteiger partial charge in [0.15, 0.2) is 6.61 Å². The molecule has 0 saturated heterocycles. The van der Waals surface area contributed by atoms with Crippen LogP contribution < -0.4 is 10.4 Å². The van der Waals surface area contributed by atoms with Crippen molar-refractivity contribution in [1.29, 1.82) is 0 Å². The second-order valence-electron chi connectivity index (χ2n) is 6.82. The van der Waals surface area contributed by atoms with Gasteiger partial charge in [0.05, 0.1) is 6.42 Å². The number of hydrogen-bond acceptors (Lipinski definition) is 3. The van der Waals surface area contributed by atoms with E-state index in [4.69, 9.17) is 4.84 Å². The number of anilines is 1. The molecule has 3 aromatic carbocycles. The number of rotatable bonds is 7. The maximum atomic E-state index is 12.5. The van der Waals surface area contributed by atoms with Gasteiger partial charge in [0.25, 0.3) is 5.91 Å². The molecule has 0 radical (unpaired) electrons. The lowest BCUT2D eigenvalue weighted by atomic mass is 10.0. The number of fused-ring (bicyclic) bond motifs is 1. The molecule has 0 aliphatic carbocycles. The lowest BCUT2D eigenvalue weighted by molar-refractivity contribution is -0.137. The Kier molecular flexibility index (Phi) is 6.40. The van der Waals surface area contributed by atoms with Crippen LogP contribution in [0.25, 0.3) is 10.8 Å². The van der Waals surface area contributed by atoms with Crippen LogP contribution in [0, 0.1) is 0 Å². The molecule has 0 aliphatic heterocycles. The molecule has 0 spiro atoms. The fourth-order valence-corrected chi connectivity index (χ4v) is 3.22. The number of hydroxylamine groups is 1. The standard InChI is InChI=1S/C23H24N2O3/c1-17(2)25(20-12-4-3-5-13-20)23(27)16-28-24-22(26)15-19-11-8-10-18-9-6-7-14-21(18)19/h3-14,17H,15-16H2,1-2H3,(H,24,26). The largest absolute Gasteiger partial charge is 0.308 e. The van der Waals surface area contributed by atoms with Gasteiger partial charge in [-0.25, -0.2) is 5.48 Å². The Labute approximate surface area is 164 Å². The number of hydrogen-bond donors (Lipinski definition) is 1. The van der Waals surface area contributed by atoms with E-state index < -0.39 is 0 Å². The van der Waals surface area contributed by atoms with Crippen molar-refractivity contribution in [2.45, 2.75) is 26.3 Å². The van der Waals surface area contributed by atoms with Crippen LogP contribution in [0.15, 0.2) is 72.8 Å². The summed E-state index contributed by atoms with van der Waals surface area (Å²) in [5.74, 6) is -0.508. The molecule has 0 aliphatic rings. The van der Waals surface area contributed by atoms with Crippen LogP contribution in [0.1, 0.15) is 19.4 Å². The number of para-hydroxylation sites is 1. The van der Waals surface area contributed by atoms with E-state index in [1.807, 2.05) is 86.6 Å². The van der Waals surface area contributed by atoms with Crippen LogP contribution in [0.3, 0.4) is 0 Å². The highest BCUT2D eigenvalue weighted by Crippen LogP contribution is 2.19. The summed E-state index contributed by atoms with van der Waals surface area (Å²) in [6.45, 7) is 3.64. The first-order chi connectivity index (χ1) is 13.6. The molecule has 2 amide bonds. The molecule has 0 heterocycles. The lowest BCUT2D eigenvalue weighted by Crippen LogP contribution is -2.41. The Bertz CT molecular complexity index is 949. The van der Waals surface area contributed by atoms with E-state index in [1.54, 1.807) is 4.90 Å². The van der Waals surface area contributed by atoms with Gasteiger partial charge in [-0.3, -0.25) is 14.4 Å². The number of carbonyl (C=O) groups excluding carboxylic acids is 2. The normalized spacial score (nSPS) is 10.8. The fourth-order valence-electron chi connectivity index (χ4n) is 3.22. The number of benzene rings is 3. The van der Waals surface area contributed by atoms with Crippen molar-refractivity contribution in [3.05, 3.63) is 78.4 Å². The van der Waals surface area contributed by atoms with Crippen molar-refractivity contribution in [3.8, 4) is 0 Å². The molecule has 0 aromatic heterocycles. The van der Waals surface area contributed by atoms with Crippen LogP contribution in [0.2, 0.25) is 0 Å². The molecule has 5 nitrogen and oxygen atoms in total. The summed E-state index contributed by atoms with van der Waals surface area (Å²) >= 11 is 0. The van der Waals surface area contributed by atoms with E-state index >= 15 is 0 Å². The highest BCUT2D eigenvalue weighted by atomic mass is 16.7. The van der Waals surface area contributed by atoms with Crippen molar-refractivity contribution in [1.82, 2.24) is 5.48 Å². The van der Waals surface area contributed by atoms with Crippen LogP contribution in [0.4, 0.5) is 5.69 Å². The molecule has 0 saturated carbocycles. The van der Waals surface area contributed by atoms with Gasteiger partial charge in [0.1, 0.15) is 0 Å². The van der Waals surface area contributed by atoms with Crippen LogP contribution >= 0.6 is 0 Å². The average Bonchev–Trinajstić information content (AvgIpc) is 2.69. The van der Waals surface area contributed by atoms with Gasteiger partial charge >= 0.3 is 0 Å². The fraction of sp³-hybridized carbons (Fsp3) is 0.217. The van der Waals surface area contributed by atoms with Crippen molar-refractivity contribution < 1.29 is 14.4 Å². The third-order valence-electron chi connectivity index (χ3n) is 4.43. The van der Waals surface area contributed by atoms with E-state index in [-0.39, 0.29) is 30.9 Å². The second kappa shape index (κ2) is 9.15. The first-order valence-electron chi connectivity index (χ1n) is 9.30. The summed E-state index contributed by atoms with van der Waals surface area (Å²) in [4.78, 5) is 31.7. The number of carbonyl (C=O) groups is 2. The molecule has 3 aromatic rings. The third-order valence-corrected chi connectivity index (χ3v) is 4.43. The zero-order chi connectivity index (χ0) is 19.9. The second-order valence-corrected chi connectivity index (χ2v) is 6.82. The maximum Gasteiger partial charge on any atom is 0.255 e. The molecule has 3 rings (SSSR count). The van der Waals surface area contributed by atoms with E-state index in [0.717, 1.165) is 22.0 Å². The van der Waals surface area contributed by atoms with Crippen LogP contribution in [-0.2, 0) is 20.8 Å². The smallest absolute Gasteiger partial charge is 0.255 e. The minimum absolute atomic E-state index is 0.0233. The maximum absolute atomic E-state index is 12.5. The van der Waals surface area contributed by atoms with Crippen molar-refractivity contribution in [2.24, 2.45) is 0 Å². The van der Waals surface area contributed by atoms with Gasteiger partial charge in [-0.15, -0.1) is 0 Å². The molecule has 1 N–H and O–H groups in total. The minimum Gasteiger partial charge on any atom is -0.308 e. The average molecular weight is 376 g/mol. The Balaban J connectivity index is 1.56. The lowest BCUT2D eigenvalue weighted by Gasteiger charge is -2.26. The quantitative estimate of drug-likeness (QED) is 0.637. The first kappa shape index (κ1) is 19.6. The Hall–Kier alpha value is -3.18. The van der Waals surface area contributed by atoms with Crippen LogP contribution in [0.5, 0.6) is 0 Å². The summed E-state index contributed by atoms with van der Waals surface area (Å²) < 4.78 is 0. The zero-order valence-corrected chi connectivity index (χ0v) is 16.1. The van der Waals surface area contributed by atoms with Crippen molar-refractivity contribution in [3.63, 3.8) is 0 Å². The topological polar surface area (TPSA) is 58.6 Å². The SMILES string of the molecule is CC(C)N(C(=O)CONC(=O)Cc1cccc2ccccc12)c1ccccc1. The predicted octanol–water partition coefficient (Wildman–Crippen LogP) is 3.87. The van der Waals surface area contributed by atoms with E-state index in [0.29, 0.717) is 0 Å². The summed E-state index contributed by atoms with van der Waals surface area (Å²) in [6, 6.07) is 23.1.